The third-order valence-electron chi connectivity index (χ3n) is 2.87. The Balaban J connectivity index is 2.49. The summed E-state index contributed by atoms with van der Waals surface area (Å²) in [6.07, 6.45) is 1.15. The van der Waals surface area contributed by atoms with Crippen LogP contribution in [-0.2, 0) is 9.59 Å². The van der Waals surface area contributed by atoms with Gasteiger partial charge >= 0.3 is 6.03 Å². The molecule has 0 aromatic rings. The molecule has 0 radical (unpaired) electrons. The van der Waals surface area contributed by atoms with Crippen LogP contribution in [0.3, 0.4) is 0 Å². The van der Waals surface area contributed by atoms with Crippen LogP contribution in [0.15, 0.2) is 0 Å². The highest BCUT2D eigenvalue weighted by Crippen LogP contribution is 2.07. The monoisotopic (exact) mass is 257 g/mol. The maximum absolute atomic E-state index is 11.7. The highest BCUT2D eigenvalue weighted by Gasteiger charge is 2.34. The number of rotatable bonds is 6. The molecule has 102 valence electrons. The molecule has 1 fully saturated rings. The van der Waals surface area contributed by atoms with Crippen LogP contribution >= 0.6 is 0 Å². The molecule has 4 amide bonds. The van der Waals surface area contributed by atoms with Gasteiger partial charge in [-0.1, -0.05) is 6.92 Å². The molecule has 7 nitrogen and oxygen atoms in total. The number of carbonyl (C=O) groups excluding carboxylic acids is 3. The Bertz CT molecular complexity index is 345. The van der Waals surface area contributed by atoms with Crippen molar-refractivity contribution in [3.05, 3.63) is 0 Å². The maximum atomic E-state index is 11.7. The van der Waals surface area contributed by atoms with Crippen LogP contribution < -0.4 is 5.32 Å². The first-order valence-electron chi connectivity index (χ1n) is 5.95. The summed E-state index contributed by atoms with van der Waals surface area (Å²) in [6.45, 7) is 1.63. The van der Waals surface area contributed by atoms with Gasteiger partial charge < -0.3 is 15.3 Å². The van der Waals surface area contributed by atoms with E-state index in [1.54, 1.807) is 0 Å². The summed E-state index contributed by atoms with van der Waals surface area (Å²) >= 11 is 0. The van der Waals surface area contributed by atoms with E-state index < -0.39 is 6.03 Å². The standard InChI is InChI=1S/C11H19N3O4/c1-3-8(4-5-15)12-9(16)6-14-10(17)7-13(2)11(14)18/h8,15H,3-7H2,1-2H3,(H,12,16). The Labute approximate surface area is 106 Å². The van der Waals surface area contributed by atoms with Gasteiger partial charge in [0.05, 0.1) is 0 Å². The topological polar surface area (TPSA) is 89.9 Å². The molecule has 18 heavy (non-hydrogen) atoms. The summed E-state index contributed by atoms with van der Waals surface area (Å²) in [7, 11) is 1.51. The molecule has 0 aromatic heterocycles. The predicted octanol–water partition coefficient (Wildman–Crippen LogP) is -0.842. The zero-order valence-electron chi connectivity index (χ0n) is 10.7. The lowest BCUT2D eigenvalue weighted by atomic mass is 10.1. The van der Waals surface area contributed by atoms with Crippen LogP contribution in [-0.4, -0.2) is 65.5 Å². The number of amides is 4. The average molecular weight is 257 g/mol. The first-order valence-corrected chi connectivity index (χ1v) is 5.95. The normalized spacial score (nSPS) is 17.3. The van der Waals surface area contributed by atoms with E-state index in [-0.39, 0.29) is 37.6 Å². The minimum atomic E-state index is -0.453. The Morgan fingerprint density at radius 2 is 2.17 bits per heavy atom. The molecule has 0 saturated carbocycles. The molecule has 0 aromatic carbocycles. The quantitative estimate of drug-likeness (QED) is 0.607. The first-order chi connectivity index (χ1) is 8.49. The van der Waals surface area contributed by atoms with Crippen LogP contribution in [0.25, 0.3) is 0 Å². The molecule has 0 spiro atoms. The minimum Gasteiger partial charge on any atom is -0.396 e. The number of aliphatic hydroxyl groups is 1. The van der Waals surface area contributed by atoms with E-state index in [1.807, 2.05) is 6.92 Å². The van der Waals surface area contributed by atoms with Crippen LogP contribution in [0.5, 0.6) is 0 Å². The van der Waals surface area contributed by atoms with Crippen LogP contribution in [0.4, 0.5) is 4.79 Å². The van der Waals surface area contributed by atoms with Crippen LogP contribution in [0.2, 0.25) is 0 Å². The van der Waals surface area contributed by atoms with E-state index in [0.29, 0.717) is 12.8 Å². The van der Waals surface area contributed by atoms with Gasteiger partial charge in [-0.2, -0.15) is 0 Å². The number of likely N-dealkylation sites (N-methyl/N-ethyl adjacent to an activating group) is 1. The second-order valence-electron chi connectivity index (χ2n) is 4.30. The zero-order valence-corrected chi connectivity index (χ0v) is 10.7. The second-order valence-corrected chi connectivity index (χ2v) is 4.30. The van der Waals surface area contributed by atoms with Crippen molar-refractivity contribution >= 4 is 17.8 Å². The third-order valence-corrected chi connectivity index (χ3v) is 2.87. The molecule has 1 saturated heterocycles. The van der Waals surface area contributed by atoms with Crippen molar-refractivity contribution in [3.63, 3.8) is 0 Å². The highest BCUT2D eigenvalue weighted by molar-refractivity contribution is 6.04. The van der Waals surface area contributed by atoms with E-state index >= 15 is 0 Å². The van der Waals surface area contributed by atoms with E-state index in [1.165, 1.54) is 11.9 Å². The van der Waals surface area contributed by atoms with Crippen molar-refractivity contribution in [2.24, 2.45) is 0 Å². The van der Waals surface area contributed by atoms with Crippen molar-refractivity contribution in [1.29, 1.82) is 0 Å². The van der Waals surface area contributed by atoms with E-state index in [9.17, 15) is 14.4 Å². The fourth-order valence-electron chi connectivity index (χ4n) is 1.78. The lowest BCUT2D eigenvalue weighted by Gasteiger charge is -2.18. The van der Waals surface area contributed by atoms with Gasteiger partial charge in [-0.05, 0) is 12.8 Å². The Morgan fingerprint density at radius 3 is 2.61 bits per heavy atom. The molecule has 1 rings (SSSR count). The summed E-state index contributed by atoms with van der Waals surface area (Å²) in [6, 6.07) is -0.585. The molecule has 1 aliphatic heterocycles. The molecule has 1 heterocycles. The van der Waals surface area contributed by atoms with Gasteiger partial charge in [-0.25, -0.2) is 4.79 Å². The molecular formula is C11H19N3O4. The van der Waals surface area contributed by atoms with E-state index in [0.717, 1.165) is 4.90 Å². The Kier molecular flexibility index (Phi) is 5.08. The van der Waals surface area contributed by atoms with Gasteiger partial charge in [0.2, 0.25) is 5.91 Å². The number of nitrogens with zero attached hydrogens (tertiary/aromatic N) is 2. The van der Waals surface area contributed by atoms with E-state index in [4.69, 9.17) is 5.11 Å². The predicted molar refractivity (Wildman–Crippen MR) is 63.7 cm³/mol. The summed E-state index contributed by atoms with van der Waals surface area (Å²) in [5.41, 5.74) is 0. The van der Waals surface area contributed by atoms with Crippen molar-refractivity contribution in [2.45, 2.75) is 25.8 Å². The number of imide groups is 1. The first kappa shape index (κ1) is 14.4. The van der Waals surface area contributed by atoms with Crippen molar-refractivity contribution < 1.29 is 19.5 Å². The number of hydrogen-bond acceptors (Lipinski definition) is 4. The molecule has 7 heteroatoms. The highest BCUT2D eigenvalue weighted by atomic mass is 16.3. The van der Waals surface area contributed by atoms with Crippen LogP contribution in [0, 0.1) is 0 Å². The number of urea groups is 1. The molecule has 2 N–H and O–H groups in total. The molecule has 0 bridgehead atoms. The van der Waals surface area contributed by atoms with E-state index in [2.05, 4.69) is 5.32 Å². The molecule has 1 atom stereocenters. The number of aliphatic hydroxyl groups excluding tert-OH is 1. The van der Waals surface area contributed by atoms with Crippen molar-refractivity contribution in [3.8, 4) is 0 Å². The largest absolute Gasteiger partial charge is 0.396 e. The lowest BCUT2D eigenvalue weighted by Crippen LogP contribution is -2.44. The van der Waals surface area contributed by atoms with Gasteiger partial charge in [0.25, 0.3) is 5.91 Å². The Morgan fingerprint density at radius 1 is 1.50 bits per heavy atom. The number of hydrogen-bond donors (Lipinski definition) is 2. The minimum absolute atomic E-state index is 0.0108. The summed E-state index contributed by atoms with van der Waals surface area (Å²) in [5, 5.41) is 11.5. The van der Waals surface area contributed by atoms with Gasteiger partial charge in [-0.15, -0.1) is 0 Å². The van der Waals surface area contributed by atoms with Gasteiger partial charge in [0.1, 0.15) is 13.1 Å². The van der Waals surface area contributed by atoms with Crippen molar-refractivity contribution in [2.75, 3.05) is 26.7 Å². The fraction of sp³-hybridized carbons (Fsp3) is 0.727. The second kappa shape index (κ2) is 6.34. The fourth-order valence-corrected chi connectivity index (χ4v) is 1.78. The molecule has 1 aliphatic rings. The SMILES string of the molecule is CCC(CCO)NC(=O)CN1C(=O)CN(C)C1=O. The number of nitrogens with one attached hydrogen (secondary N) is 1. The summed E-state index contributed by atoms with van der Waals surface area (Å²) in [4.78, 5) is 36.9. The van der Waals surface area contributed by atoms with Crippen LogP contribution in [0.1, 0.15) is 19.8 Å². The summed E-state index contributed by atoms with van der Waals surface area (Å²) in [5.74, 6) is -0.750. The molecule has 1 unspecified atom stereocenters. The number of carbonyl (C=O) groups is 3. The van der Waals surface area contributed by atoms with Crippen molar-refractivity contribution in [1.82, 2.24) is 15.1 Å². The van der Waals surface area contributed by atoms with Gasteiger partial charge in [0, 0.05) is 19.7 Å². The molecule has 0 aliphatic carbocycles. The molecular weight excluding hydrogens is 238 g/mol. The zero-order chi connectivity index (χ0) is 13.7. The van der Waals surface area contributed by atoms with Gasteiger partial charge in [-0.3, -0.25) is 14.5 Å². The Hall–Kier alpha value is -1.63. The smallest absolute Gasteiger partial charge is 0.327 e. The maximum Gasteiger partial charge on any atom is 0.327 e. The van der Waals surface area contributed by atoms with Gasteiger partial charge in [0.15, 0.2) is 0 Å². The average Bonchev–Trinajstić information content (AvgIpc) is 2.55. The third kappa shape index (κ3) is 3.43. The lowest BCUT2D eigenvalue weighted by molar-refractivity contribution is -0.131. The summed E-state index contributed by atoms with van der Waals surface area (Å²) < 4.78 is 0.